The molecule has 1 N–H and O–H groups in total. The summed E-state index contributed by atoms with van der Waals surface area (Å²) in [4.78, 5) is 39.0. The highest BCUT2D eigenvalue weighted by atomic mass is 35.5. The minimum Gasteiger partial charge on any atom is -0.337 e. The molecule has 2 amide bonds. The third kappa shape index (κ3) is 5.89. The summed E-state index contributed by atoms with van der Waals surface area (Å²) in [6.07, 6.45) is 7.41. The number of nitrogens with one attached hydrogen (secondary N) is 1. The molecule has 2 fully saturated rings. The molecule has 8 nitrogen and oxygen atoms in total. The van der Waals surface area contributed by atoms with Gasteiger partial charge in [-0.05, 0) is 56.9 Å². The van der Waals surface area contributed by atoms with Gasteiger partial charge in [-0.15, -0.1) is 0 Å². The molecule has 3 aromatic rings. The fourth-order valence-corrected chi connectivity index (χ4v) is 5.56. The van der Waals surface area contributed by atoms with Crippen molar-refractivity contribution in [3.05, 3.63) is 65.0 Å². The van der Waals surface area contributed by atoms with Gasteiger partial charge in [0.15, 0.2) is 0 Å². The van der Waals surface area contributed by atoms with E-state index in [9.17, 15) is 14.0 Å². The largest absolute Gasteiger partial charge is 0.337 e. The molecule has 2 aliphatic rings. The number of alkyl halides is 1. The lowest BCUT2D eigenvalue weighted by molar-refractivity contribution is -0.126. The van der Waals surface area contributed by atoms with Crippen molar-refractivity contribution in [2.75, 3.05) is 38.0 Å². The zero-order valence-electron chi connectivity index (χ0n) is 21.4. The van der Waals surface area contributed by atoms with Crippen LogP contribution in [0.3, 0.4) is 0 Å². The van der Waals surface area contributed by atoms with Crippen LogP contribution in [0.1, 0.15) is 47.8 Å². The maximum atomic E-state index is 13.5. The number of likely N-dealkylation sites (tertiary alicyclic amines) is 2. The lowest BCUT2D eigenvalue weighted by Crippen LogP contribution is -2.35. The Morgan fingerprint density at radius 2 is 2.05 bits per heavy atom. The fourth-order valence-electron chi connectivity index (χ4n) is 5.30. The number of halogens is 2. The number of fused-ring (bicyclic) bond motifs is 1. The van der Waals surface area contributed by atoms with E-state index >= 15 is 0 Å². The molecule has 4 heterocycles. The van der Waals surface area contributed by atoms with Crippen LogP contribution in [-0.2, 0) is 4.79 Å². The first-order valence-electron chi connectivity index (χ1n) is 13.1. The first-order chi connectivity index (χ1) is 18.4. The smallest absolute Gasteiger partial charge is 0.258 e. The summed E-state index contributed by atoms with van der Waals surface area (Å²) in [5, 5.41) is 3.51. The number of carbonyl (C=O) groups is 2. The lowest BCUT2D eigenvalue weighted by atomic mass is 10.1. The van der Waals surface area contributed by atoms with Crippen LogP contribution in [0, 0.1) is 6.92 Å². The SMILES string of the molecule is Cc1cc(C(=O)Nc2nc3cccc(Cl)c3n2C2CCCCN(C(=O)/C=C/CN3CCC(F)C3)C2)ccn1. The number of carbonyl (C=O) groups excluding carboxylic acids is 2. The van der Waals surface area contributed by atoms with Gasteiger partial charge in [0.05, 0.1) is 22.1 Å². The first kappa shape index (κ1) is 26.3. The van der Waals surface area contributed by atoms with Gasteiger partial charge < -0.3 is 9.47 Å². The zero-order chi connectivity index (χ0) is 26.6. The topological polar surface area (TPSA) is 83.4 Å². The normalized spacial score (nSPS) is 20.8. The summed E-state index contributed by atoms with van der Waals surface area (Å²) >= 11 is 6.64. The summed E-state index contributed by atoms with van der Waals surface area (Å²) in [5.41, 5.74) is 2.65. The fraction of sp³-hybridized carbons (Fsp3) is 0.429. The van der Waals surface area contributed by atoms with Crippen molar-refractivity contribution in [3.8, 4) is 0 Å². The van der Waals surface area contributed by atoms with Crippen molar-refractivity contribution in [3.63, 3.8) is 0 Å². The van der Waals surface area contributed by atoms with Gasteiger partial charge in [-0.1, -0.05) is 23.7 Å². The summed E-state index contributed by atoms with van der Waals surface area (Å²) in [7, 11) is 0. The molecule has 2 aromatic heterocycles. The van der Waals surface area contributed by atoms with Crippen LogP contribution >= 0.6 is 11.6 Å². The Balaban J connectivity index is 1.39. The lowest BCUT2D eigenvalue weighted by Gasteiger charge is -2.26. The first-order valence-corrected chi connectivity index (χ1v) is 13.5. The molecule has 1 aromatic carbocycles. The van der Waals surface area contributed by atoms with Crippen molar-refractivity contribution in [1.29, 1.82) is 0 Å². The van der Waals surface area contributed by atoms with Gasteiger partial charge in [0.2, 0.25) is 11.9 Å². The third-order valence-electron chi connectivity index (χ3n) is 7.21. The average Bonchev–Trinajstić information content (AvgIpc) is 3.38. The molecule has 0 spiro atoms. The predicted molar refractivity (Wildman–Crippen MR) is 146 cm³/mol. The molecular formula is C28H32ClFN6O2. The Morgan fingerprint density at radius 3 is 2.84 bits per heavy atom. The van der Waals surface area contributed by atoms with E-state index in [1.807, 2.05) is 45.6 Å². The second kappa shape index (κ2) is 11.6. The highest BCUT2D eigenvalue weighted by Gasteiger charge is 2.28. The van der Waals surface area contributed by atoms with E-state index in [1.54, 1.807) is 24.4 Å². The summed E-state index contributed by atoms with van der Waals surface area (Å²) in [5.74, 6) is 0.0450. The summed E-state index contributed by atoms with van der Waals surface area (Å²) in [6, 6.07) is 8.77. The number of amides is 2. The summed E-state index contributed by atoms with van der Waals surface area (Å²) < 4.78 is 15.4. The van der Waals surface area contributed by atoms with E-state index in [0.717, 1.165) is 30.5 Å². The third-order valence-corrected chi connectivity index (χ3v) is 7.51. The number of benzene rings is 1. The number of para-hydroxylation sites is 1. The maximum absolute atomic E-state index is 13.5. The number of rotatable bonds is 6. The average molecular weight is 539 g/mol. The van der Waals surface area contributed by atoms with Gasteiger partial charge >= 0.3 is 0 Å². The Hall–Kier alpha value is -3.30. The standard InChI is InChI=1S/C28H32ClFN6O2/c1-19-16-20(10-12-31-19)27(38)33-28-32-24-8-4-7-23(29)26(24)36(28)22-6-2-3-14-35(18-22)25(37)9-5-13-34-15-11-21(30)17-34/h4-5,7-10,12,16,21-22H,2-3,6,11,13-15,17-18H2,1H3,(H,32,33,38)/b9-5+. The minimum atomic E-state index is -0.778. The van der Waals surface area contributed by atoms with Crippen LogP contribution in [-0.4, -0.2) is 75.0 Å². The van der Waals surface area contributed by atoms with Crippen LogP contribution < -0.4 is 5.32 Å². The maximum Gasteiger partial charge on any atom is 0.258 e. The van der Waals surface area contributed by atoms with Crippen LogP contribution in [0.4, 0.5) is 10.3 Å². The number of aromatic nitrogens is 3. The second-order valence-electron chi connectivity index (χ2n) is 10.0. The van der Waals surface area contributed by atoms with Gasteiger partial charge in [-0.25, -0.2) is 9.37 Å². The molecule has 0 radical (unpaired) electrons. The van der Waals surface area contributed by atoms with E-state index in [0.29, 0.717) is 61.2 Å². The zero-order valence-corrected chi connectivity index (χ0v) is 22.2. The molecule has 2 unspecified atom stereocenters. The minimum absolute atomic E-state index is 0.0683. The molecule has 5 rings (SSSR count). The molecule has 10 heteroatoms. The van der Waals surface area contributed by atoms with Gasteiger partial charge in [-0.2, -0.15) is 0 Å². The Kier molecular flexibility index (Phi) is 8.04. The number of pyridine rings is 1. The molecule has 2 atom stereocenters. The number of hydrogen-bond acceptors (Lipinski definition) is 5. The van der Waals surface area contributed by atoms with Crippen LogP contribution in [0.15, 0.2) is 48.7 Å². The molecule has 2 aliphatic heterocycles. The van der Waals surface area contributed by atoms with Crippen molar-refractivity contribution in [2.45, 2.75) is 44.8 Å². The van der Waals surface area contributed by atoms with Gasteiger partial charge in [0.1, 0.15) is 6.17 Å². The van der Waals surface area contributed by atoms with Gasteiger partial charge in [0, 0.05) is 56.3 Å². The molecule has 38 heavy (non-hydrogen) atoms. The monoisotopic (exact) mass is 538 g/mol. The van der Waals surface area contributed by atoms with Crippen molar-refractivity contribution >= 4 is 40.4 Å². The highest BCUT2D eigenvalue weighted by Crippen LogP contribution is 2.34. The highest BCUT2D eigenvalue weighted by molar-refractivity contribution is 6.35. The van der Waals surface area contributed by atoms with Crippen molar-refractivity contribution in [1.82, 2.24) is 24.3 Å². The van der Waals surface area contributed by atoms with E-state index in [4.69, 9.17) is 16.6 Å². The Labute approximate surface area is 226 Å². The van der Waals surface area contributed by atoms with Crippen molar-refractivity contribution < 1.29 is 14.0 Å². The Morgan fingerprint density at radius 1 is 1.18 bits per heavy atom. The molecule has 2 saturated heterocycles. The van der Waals surface area contributed by atoms with E-state index in [2.05, 4.69) is 10.3 Å². The number of aryl methyl sites for hydroxylation is 1. The second-order valence-corrected chi connectivity index (χ2v) is 10.4. The number of imidazole rings is 1. The molecule has 0 bridgehead atoms. The predicted octanol–water partition coefficient (Wildman–Crippen LogP) is 4.80. The van der Waals surface area contributed by atoms with Crippen LogP contribution in [0.5, 0.6) is 0 Å². The number of anilines is 1. The summed E-state index contributed by atoms with van der Waals surface area (Å²) in [6.45, 7) is 4.65. The number of nitrogens with zero attached hydrogens (tertiary/aromatic N) is 5. The quantitative estimate of drug-likeness (QED) is 0.456. The molecule has 0 aliphatic carbocycles. The van der Waals surface area contributed by atoms with E-state index in [-0.39, 0.29) is 17.9 Å². The van der Waals surface area contributed by atoms with Gasteiger partial charge in [-0.3, -0.25) is 24.8 Å². The Bertz CT molecular complexity index is 1360. The number of hydrogen-bond donors (Lipinski definition) is 1. The van der Waals surface area contributed by atoms with Crippen molar-refractivity contribution in [2.24, 2.45) is 0 Å². The van der Waals surface area contributed by atoms with E-state index < -0.39 is 6.17 Å². The molecule has 0 saturated carbocycles. The molecule has 200 valence electrons. The van der Waals surface area contributed by atoms with Crippen LogP contribution in [0.25, 0.3) is 11.0 Å². The van der Waals surface area contributed by atoms with E-state index in [1.165, 1.54) is 0 Å². The van der Waals surface area contributed by atoms with Gasteiger partial charge in [0.25, 0.3) is 5.91 Å². The van der Waals surface area contributed by atoms with Crippen LogP contribution in [0.2, 0.25) is 5.02 Å². The molecular weight excluding hydrogens is 507 g/mol.